The molecular formula is C13H18Cl2N2. The Bertz CT molecular complexity index is 395. The van der Waals surface area contributed by atoms with Gasteiger partial charge in [0.25, 0.3) is 0 Å². The summed E-state index contributed by atoms with van der Waals surface area (Å²) in [5.74, 6) is 0. The summed E-state index contributed by atoms with van der Waals surface area (Å²) in [4.78, 5) is 2.36. The van der Waals surface area contributed by atoms with Crippen molar-refractivity contribution in [2.45, 2.75) is 32.4 Å². The van der Waals surface area contributed by atoms with Crippen molar-refractivity contribution in [2.75, 3.05) is 18.0 Å². The van der Waals surface area contributed by atoms with Crippen molar-refractivity contribution < 1.29 is 0 Å². The molecule has 1 aliphatic rings. The van der Waals surface area contributed by atoms with Crippen molar-refractivity contribution in [1.29, 1.82) is 0 Å². The van der Waals surface area contributed by atoms with Gasteiger partial charge in [0.05, 0.1) is 10.7 Å². The van der Waals surface area contributed by atoms with Crippen LogP contribution in [0.1, 0.15) is 20.3 Å². The van der Waals surface area contributed by atoms with Gasteiger partial charge >= 0.3 is 0 Å². The van der Waals surface area contributed by atoms with Crippen LogP contribution in [0.4, 0.5) is 5.69 Å². The predicted molar refractivity (Wildman–Crippen MR) is 75.4 cm³/mol. The van der Waals surface area contributed by atoms with Crippen LogP contribution >= 0.6 is 23.2 Å². The van der Waals surface area contributed by atoms with E-state index in [-0.39, 0.29) is 0 Å². The molecule has 0 bridgehead atoms. The second-order valence-electron chi connectivity index (χ2n) is 4.61. The number of anilines is 1. The number of nitrogens with zero attached hydrogens (tertiary/aromatic N) is 1. The Morgan fingerprint density at radius 3 is 2.82 bits per heavy atom. The molecule has 2 atom stereocenters. The molecule has 0 aliphatic carbocycles. The Morgan fingerprint density at radius 2 is 2.18 bits per heavy atom. The molecule has 2 rings (SSSR count). The minimum absolute atomic E-state index is 0.455. The highest BCUT2D eigenvalue weighted by molar-refractivity contribution is 6.36. The molecule has 1 aromatic carbocycles. The SMILES string of the molecule is CCC1CN(c2ccc(Cl)cc2Cl)C(C)CN1. The monoisotopic (exact) mass is 272 g/mol. The third-order valence-corrected chi connectivity index (χ3v) is 3.90. The maximum atomic E-state index is 6.27. The fourth-order valence-electron chi connectivity index (χ4n) is 2.25. The second kappa shape index (κ2) is 5.47. The van der Waals surface area contributed by atoms with Gasteiger partial charge in [0.2, 0.25) is 0 Å². The molecule has 0 aromatic heterocycles. The van der Waals surface area contributed by atoms with Crippen LogP contribution in [0, 0.1) is 0 Å². The van der Waals surface area contributed by atoms with E-state index < -0.39 is 0 Å². The van der Waals surface area contributed by atoms with Crippen molar-refractivity contribution >= 4 is 28.9 Å². The molecule has 4 heteroatoms. The molecule has 0 radical (unpaired) electrons. The molecule has 1 aliphatic heterocycles. The number of hydrogen-bond donors (Lipinski definition) is 1. The fourth-order valence-corrected chi connectivity index (χ4v) is 2.77. The molecule has 1 aromatic rings. The van der Waals surface area contributed by atoms with Crippen molar-refractivity contribution in [1.82, 2.24) is 5.32 Å². The quantitative estimate of drug-likeness (QED) is 0.886. The second-order valence-corrected chi connectivity index (χ2v) is 5.45. The van der Waals surface area contributed by atoms with E-state index >= 15 is 0 Å². The van der Waals surface area contributed by atoms with Gasteiger partial charge in [-0.1, -0.05) is 30.1 Å². The van der Waals surface area contributed by atoms with E-state index in [4.69, 9.17) is 23.2 Å². The lowest BCUT2D eigenvalue weighted by molar-refractivity contribution is 0.397. The van der Waals surface area contributed by atoms with Crippen molar-refractivity contribution in [3.8, 4) is 0 Å². The largest absolute Gasteiger partial charge is 0.365 e. The van der Waals surface area contributed by atoms with Crippen LogP contribution in [0.25, 0.3) is 0 Å². The molecule has 94 valence electrons. The Morgan fingerprint density at radius 1 is 1.41 bits per heavy atom. The van der Waals surface area contributed by atoms with Gasteiger partial charge in [0.1, 0.15) is 0 Å². The van der Waals surface area contributed by atoms with Crippen LogP contribution < -0.4 is 10.2 Å². The molecule has 0 amide bonds. The van der Waals surface area contributed by atoms with Crippen LogP contribution in [0.15, 0.2) is 18.2 Å². The van der Waals surface area contributed by atoms with Crippen molar-refractivity contribution in [3.63, 3.8) is 0 Å². The van der Waals surface area contributed by atoms with Gasteiger partial charge in [-0.05, 0) is 31.5 Å². The van der Waals surface area contributed by atoms with Gasteiger partial charge in [-0.3, -0.25) is 0 Å². The Hall–Kier alpha value is -0.440. The maximum Gasteiger partial charge on any atom is 0.0654 e. The lowest BCUT2D eigenvalue weighted by Gasteiger charge is -2.40. The topological polar surface area (TPSA) is 15.3 Å². The first-order valence-corrected chi connectivity index (χ1v) is 6.82. The zero-order chi connectivity index (χ0) is 12.4. The average molecular weight is 273 g/mol. The zero-order valence-corrected chi connectivity index (χ0v) is 11.7. The minimum atomic E-state index is 0.455. The van der Waals surface area contributed by atoms with Crippen LogP contribution in [-0.2, 0) is 0 Å². The van der Waals surface area contributed by atoms with E-state index in [1.54, 1.807) is 0 Å². The third kappa shape index (κ3) is 2.87. The summed E-state index contributed by atoms with van der Waals surface area (Å²) in [6, 6.07) is 6.72. The summed E-state index contributed by atoms with van der Waals surface area (Å²) in [6.45, 7) is 6.41. The third-order valence-electron chi connectivity index (χ3n) is 3.36. The summed E-state index contributed by atoms with van der Waals surface area (Å²) >= 11 is 12.2. The zero-order valence-electron chi connectivity index (χ0n) is 10.2. The van der Waals surface area contributed by atoms with E-state index in [2.05, 4.69) is 24.1 Å². The van der Waals surface area contributed by atoms with Gasteiger partial charge in [0, 0.05) is 30.2 Å². The van der Waals surface area contributed by atoms with Crippen LogP contribution in [-0.4, -0.2) is 25.2 Å². The van der Waals surface area contributed by atoms with E-state index in [1.807, 2.05) is 18.2 Å². The van der Waals surface area contributed by atoms with Crippen LogP contribution in [0.5, 0.6) is 0 Å². The number of benzene rings is 1. The van der Waals surface area contributed by atoms with E-state index in [9.17, 15) is 0 Å². The lowest BCUT2D eigenvalue weighted by Crippen LogP contribution is -2.55. The normalized spacial score (nSPS) is 25.1. The predicted octanol–water partition coefficient (Wildman–Crippen LogP) is 3.57. The summed E-state index contributed by atoms with van der Waals surface area (Å²) in [6.07, 6.45) is 1.13. The number of rotatable bonds is 2. The number of piperazine rings is 1. The molecule has 1 N–H and O–H groups in total. The summed E-state index contributed by atoms with van der Waals surface area (Å²) in [5.41, 5.74) is 1.09. The van der Waals surface area contributed by atoms with E-state index in [1.165, 1.54) is 0 Å². The van der Waals surface area contributed by atoms with Gasteiger partial charge in [-0.25, -0.2) is 0 Å². The Balaban J connectivity index is 2.24. The molecule has 1 heterocycles. The van der Waals surface area contributed by atoms with E-state index in [0.717, 1.165) is 30.2 Å². The van der Waals surface area contributed by atoms with Gasteiger partial charge in [0.15, 0.2) is 0 Å². The Labute approximate surface area is 113 Å². The average Bonchev–Trinajstić information content (AvgIpc) is 2.30. The molecule has 0 saturated carbocycles. The molecule has 0 spiro atoms. The van der Waals surface area contributed by atoms with Crippen LogP contribution in [0.2, 0.25) is 10.0 Å². The number of nitrogens with one attached hydrogen (secondary N) is 1. The smallest absolute Gasteiger partial charge is 0.0654 e. The Kier molecular flexibility index (Phi) is 4.18. The number of halogens is 2. The summed E-state index contributed by atoms with van der Waals surface area (Å²) < 4.78 is 0. The molecule has 2 nitrogen and oxygen atoms in total. The van der Waals surface area contributed by atoms with Gasteiger partial charge < -0.3 is 10.2 Å². The lowest BCUT2D eigenvalue weighted by atomic mass is 10.1. The van der Waals surface area contributed by atoms with Crippen molar-refractivity contribution in [3.05, 3.63) is 28.2 Å². The van der Waals surface area contributed by atoms with Crippen molar-refractivity contribution in [2.24, 2.45) is 0 Å². The van der Waals surface area contributed by atoms with Crippen LogP contribution in [0.3, 0.4) is 0 Å². The first-order valence-electron chi connectivity index (χ1n) is 6.07. The van der Waals surface area contributed by atoms with Gasteiger partial charge in [-0.15, -0.1) is 0 Å². The minimum Gasteiger partial charge on any atom is -0.365 e. The van der Waals surface area contributed by atoms with Gasteiger partial charge in [-0.2, -0.15) is 0 Å². The molecule has 1 fully saturated rings. The first-order chi connectivity index (χ1) is 8.11. The molecular weight excluding hydrogens is 255 g/mol. The summed E-state index contributed by atoms with van der Waals surface area (Å²) in [7, 11) is 0. The van der Waals surface area contributed by atoms with E-state index in [0.29, 0.717) is 17.1 Å². The standard InChI is InChI=1S/C13H18Cl2N2/c1-3-11-8-17(9(2)7-16-11)13-5-4-10(14)6-12(13)15/h4-6,9,11,16H,3,7-8H2,1-2H3. The fraction of sp³-hybridized carbons (Fsp3) is 0.538. The highest BCUT2D eigenvalue weighted by Crippen LogP contribution is 2.31. The maximum absolute atomic E-state index is 6.27. The first kappa shape index (κ1) is 13.0. The molecule has 2 unspecified atom stereocenters. The molecule has 17 heavy (non-hydrogen) atoms. The molecule has 1 saturated heterocycles. The highest BCUT2D eigenvalue weighted by Gasteiger charge is 2.25. The highest BCUT2D eigenvalue weighted by atomic mass is 35.5. The number of hydrogen-bond acceptors (Lipinski definition) is 2. The summed E-state index contributed by atoms with van der Waals surface area (Å²) in [5, 5.41) is 4.96.